The van der Waals surface area contributed by atoms with Crippen LogP contribution >= 0.6 is 0 Å². The Balaban J connectivity index is 2.03. The fourth-order valence-corrected chi connectivity index (χ4v) is 1.90. The van der Waals surface area contributed by atoms with Crippen molar-refractivity contribution in [3.8, 4) is 0 Å². The quantitative estimate of drug-likeness (QED) is 0.636. The van der Waals surface area contributed by atoms with Gasteiger partial charge in [-0.1, -0.05) is 12.1 Å². The summed E-state index contributed by atoms with van der Waals surface area (Å²) in [4.78, 5) is 22.4. The molecule has 0 aliphatic carbocycles. The van der Waals surface area contributed by atoms with Crippen LogP contribution in [0.1, 0.15) is 28.8 Å². The van der Waals surface area contributed by atoms with Gasteiger partial charge < -0.3 is 5.11 Å². The summed E-state index contributed by atoms with van der Waals surface area (Å²) < 4.78 is 38.6. The van der Waals surface area contributed by atoms with Crippen LogP contribution in [0.25, 0.3) is 0 Å². The van der Waals surface area contributed by atoms with Crippen LogP contribution in [0.3, 0.4) is 0 Å². The summed E-state index contributed by atoms with van der Waals surface area (Å²) in [5.74, 6) is -1.53. The van der Waals surface area contributed by atoms with E-state index in [2.05, 4.69) is 15.3 Å². The minimum absolute atomic E-state index is 0.118. The molecule has 1 amide bonds. The van der Waals surface area contributed by atoms with Gasteiger partial charge in [-0.3, -0.25) is 9.59 Å². The van der Waals surface area contributed by atoms with Gasteiger partial charge in [0.05, 0.1) is 6.42 Å². The maximum Gasteiger partial charge on any atom is 0.442 e. The van der Waals surface area contributed by atoms with Crippen LogP contribution in [0.5, 0.6) is 0 Å². The highest BCUT2D eigenvalue weighted by Crippen LogP contribution is 2.52. The number of halogens is 3. The smallest absolute Gasteiger partial charge is 0.442 e. The zero-order chi connectivity index (χ0) is 18.0. The molecule has 128 valence electrons. The summed E-state index contributed by atoms with van der Waals surface area (Å²) in [6.45, 7) is 0. The highest BCUT2D eigenvalue weighted by Gasteiger charge is 2.65. The summed E-state index contributed by atoms with van der Waals surface area (Å²) in [6, 6.07) is 4.75. The van der Waals surface area contributed by atoms with E-state index in [9.17, 15) is 22.8 Å². The molecule has 1 aromatic rings. The third-order valence-electron chi connectivity index (χ3n) is 3.27. The minimum atomic E-state index is -4.62. The Morgan fingerprint density at radius 3 is 2.33 bits per heavy atom. The molecule has 10 heteroatoms. The van der Waals surface area contributed by atoms with E-state index in [4.69, 9.17) is 5.11 Å². The maximum absolute atomic E-state index is 12.9. The molecule has 2 rings (SSSR count). The second-order valence-electron chi connectivity index (χ2n) is 5.01. The van der Waals surface area contributed by atoms with Crippen molar-refractivity contribution in [2.24, 2.45) is 15.3 Å². The van der Waals surface area contributed by atoms with Crippen molar-refractivity contribution in [3.63, 3.8) is 0 Å². The van der Waals surface area contributed by atoms with Crippen LogP contribution in [-0.4, -0.2) is 41.4 Å². The lowest BCUT2D eigenvalue weighted by Crippen LogP contribution is -2.30. The standard InChI is InChI=1S/C14H13F3N4O3/c1-21(18-8-2-3-11(22)23)12(24)9-4-6-10(7-5-9)13(19-20-13)14(15,16)17/h4-8H,2-3H2,1H3,(H,22,23). The Morgan fingerprint density at radius 1 is 1.29 bits per heavy atom. The Hall–Kier alpha value is -2.78. The Morgan fingerprint density at radius 2 is 1.88 bits per heavy atom. The van der Waals surface area contributed by atoms with Gasteiger partial charge in [0, 0.05) is 24.4 Å². The molecule has 1 aliphatic heterocycles. The largest absolute Gasteiger partial charge is 0.481 e. The van der Waals surface area contributed by atoms with E-state index in [0.717, 1.165) is 17.1 Å². The first-order valence-corrected chi connectivity index (χ1v) is 6.81. The number of alkyl halides is 3. The molecule has 1 N–H and O–H groups in total. The van der Waals surface area contributed by atoms with Gasteiger partial charge in [-0.25, -0.2) is 5.01 Å². The first-order valence-electron chi connectivity index (χ1n) is 6.81. The molecule has 1 aromatic carbocycles. The first kappa shape index (κ1) is 17.6. The predicted molar refractivity (Wildman–Crippen MR) is 76.5 cm³/mol. The Bertz CT molecular complexity index is 692. The summed E-state index contributed by atoms with van der Waals surface area (Å²) in [7, 11) is 1.36. The number of amides is 1. The van der Waals surface area contributed by atoms with Crippen molar-refractivity contribution in [1.29, 1.82) is 0 Å². The zero-order valence-corrected chi connectivity index (χ0v) is 12.5. The minimum Gasteiger partial charge on any atom is -0.481 e. The van der Waals surface area contributed by atoms with Crippen molar-refractivity contribution < 1.29 is 27.9 Å². The van der Waals surface area contributed by atoms with Crippen LogP contribution in [0, 0.1) is 0 Å². The lowest BCUT2D eigenvalue weighted by Gasteiger charge is -2.15. The van der Waals surface area contributed by atoms with E-state index in [1.54, 1.807) is 0 Å². The molecule has 0 fully saturated rings. The van der Waals surface area contributed by atoms with Crippen LogP contribution in [0.4, 0.5) is 13.2 Å². The summed E-state index contributed by atoms with van der Waals surface area (Å²) in [6.07, 6.45) is -3.31. The van der Waals surface area contributed by atoms with Gasteiger partial charge in [0.15, 0.2) is 0 Å². The van der Waals surface area contributed by atoms with Crippen LogP contribution in [0.15, 0.2) is 39.6 Å². The first-order chi connectivity index (χ1) is 11.2. The van der Waals surface area contributed by atoms with E-state index >= 15 is 0 Å². The molecule has 0 radical (unpaired) electrons. The molecule has 0 spiro atoms. The third kappa shape index (κ3) is 3.58. The lowest BCUT2D eigenvalue weighted by molar-refractivity contribution is -0.166. The molecule has 0 bridgehead atoms. The van der Waals surface area contributed by atoms with Gasteiger partial charge >= 0.3 is 17.8 Å². The van der Waals surface area contributed by atoms with E-state index in [1.165, 1.54) is 25.4 Å². The molecule has 0 saturated heterocycles. The second kappa shape index (κ2) is 6.38. The number of rotatable bonds is 6. The topological polar surface area (TPSA) is 94.7 Å². The van der Waals surface area contributed by atoms with Crippen molar-refractivity contribution in [3.05, 3.63) is 35.4 Å². The number of nitrogens with zero attached hydrogens (tertiary/aromatic N) is 4. The van der Waals surface area contributed by atoms with Gasteiger partial charge in [0.1, 0.15) is 0 Å². The summed E-state index contributed by atoms with van der Waals surface area (Å²) >= 11 is 0. The van der Waals surface area contributed by atoms with Gasteiger partial charge in [-0.2, -0.15) is 18.3 Å². The monoisotopic (exact) mass is 342 g/mol. The molecule has 0 aromatic heterocycles. The fourth-order valence-electron chi connectivity index (χ4n) is 1.90. The molecular weight excluding hydrogens is 329 g/mol. The molecule has 7 nitrogen and oxygen atoms in total. The predicted octanol–water partition coefficient (Wildman–Crippen LogP) is 2.79. The average molecular weight is 342 g/mol. The van der Waals surface area contributed by atoms with Crippen molar-refractivity contribution in [2.75, 3.05) is 7.05 Å². The summed E-state index contributed by atoms with van der Waals surface area (Å²) in [5, 5.41) is 19.4. The number of benzene rings is 1. The number of carboxylic acid groups (broad SMARTS) is 1. The Labute approximate surface area is 134 Å². The van der Waals surface area contributed by atoms with Crippen LogP contribution in [0.2, 0.25) is 0 Å². The summed E-state index contributed by atoms with van der Waals surface area (Å²) in [5.41, 5.74) is -2.55. The fraction of sp³-hybridized carbons (Fsp3) is 0.357. The van der Waals surface area contributed by atoms with Crippen LogP contribution < -0.4 is 0 Å². The highest BCUT2D eigenvalue weighted by molar-refractivity contribution is 5.94. The zero-order valence-electron chi connectivity index (χ0n) is 12.5. The number of aliphatic carboxylic acids is 1. The van der Waals surface area contributed by atoms with Crippen LogP contribution in [-0.2, 0) is 10.5 Å². The molecule has 24 heavy (non-hydrogen) atoms. The number of carboxylic acids is 1. The van der Waals surface area contributed by atoms with Crippen molar-refractivity contribution >= 4 is 18.1 Å². The van der Waals surface area contributed by atoms with Gasteiger partial charge in [-0.15, -0.1) is 10.2 Å². The van der Waals surface area contributed by atoms with Gasteiger partial charge in [-0.05, 0) is 18.6 Å². The lowest BCUT2D eigenvalue weighted by atomic mass is 10.0. The number of carbonyl (C=O) groups is 2. The molecule has 0 saturated carbocycles. The maximum atomic E-state index is 12.9. The number of hydrazone groups is 1. The average Bonchev–Trinajstić information content (AvgIpc) is 3.32. The molecule has 0 unspecified atom stereocenters. The number of hydrogen-bond acceptors (Lipinski definition) is 5. The van der Waals surface area contributed by atoms with E-state index in [-0.39, 0.29) is 24.0 Å². The molecule has 1 aliphatic rings. The van der Waals surface area contributed by atoms with Crippen molar-refractivity contribution in [2.45, 2.75) is 24.7 Å². The van der Waals surface area contributed by atoms with Crippen molar-refractivity contribution in [1.82, 2.24) is 5.01 Å². The highest BCUT2D eigenvalue weighted by atomic mass is 19.4. The third-order valence-corrected chi connectivity index (χ3v) is 3.27. The second-order valence-corrected chi connectivity index (χ2v) is 5.01. The number of carbonyl (C=O) groups excluding carboxylic acids is 1. The SMILES string of the molecule is CN(N=CCCC(=O)O)C(=O)c1ccc(C2(C(F)(F)F)N=N2)cc1. The van der Waals surface area contributed by atoms with Gasteiger partial charge in [0.2, 0.25) is 0 Å². The van der Waals surface area contributed by atoms with E-state index in [1.807, 2.05) is 0 Å². The van der Waals surface area contributed by atoms with Gasteiger partial charge in [0.25, 0.3) is 5.91 Å². The number of hydrogen-bond donors (Lipinski definition) is 1. The molecule has 1 heterocycles. The van der Waals surface area contributed by atoms with E-state index in [0.29, 0.717) is 0 Å². The molecular formula is C14H13F3N4O3. The van der Waals surface area contributed by atoms with E-state index < -0.39 is 23.7 Å². The Kier molecular flexibility index (Phi) is 4.67. The normalized spacial score (nSPS) is 15.5. The molecule has 0 atom stereocenters.